The predicted molar refractivity (Wildman–Crippen MR) is 133 cm³/mol. The van der Waals surface area contributed by atoms with Crippen LogP contribution >= 0.6 is 35.0 Å². The number of halogens is 2. The van der Waals surface area contributed by atoms with Crippen LogP contribution in [-0.4, -0.2) is 41.6 Å². The molecule has 1 fully saturated rings. The van der Waals surface area contributed by atoms with Crippen molar-refractivity contribution in [2.45, 2.75) is 0 Å². The normalized spacial score (nSPS) is 14.5. The second-order valence-electron chi connectivity index (χ2n) is 7.21. The number of esters is 1. The lowest BCUT2D eigenvalue weighted by molar-refractivity contribution is -0.127. The Kier molecular flexibility index (Phi) is 7.30. The van der Waals surface area contributed by atoms with Gasteiger partial charge < -0.3 is 14.5 Å². The molecule has 1 aliphatic heterocycles. The summed E-state index contributed by atoms with van der Waals surface area (Å²) in [5.74, 6) is -0.994. The Morgan fingerprint density at radius 1 is 1.09 bits per heavy atom. The molecule has 0 saturated carbocycles. The highest BCUT2D eigenvalue weighted by atomic mass is 35.5. The Hall–Kier alpha value is -3.53. The summed E-state index contributed by atoms with van der Waals surface area (Å²) < 4.78 is 10.5. The zero-order chi connectivity index (χ0) is 25.1. The van der Waals surface area contributed by atoms with Crippen LogP contribution in [0.2, 0.25) is 10.0 Å². The second kappa shape index (κ2) is 10.4. The highest BCUT2D eigenvalue weighted by Gasteiger charge is 2.36. The van der Waals surface area contributed by atoms with Gasteiger partial charge in [0.25, 0.3) is 11.1 Å². The van der Waals surface area contributed by atoms with Crippen molar-refractivity contribution >= 4 is 69.8 Å². The Morgan fingerprint density at radius 2 is 1.83 bits per heavy atom. The SMILES string of the molecule is COC(=O)c1cc(-c2ccc(/C=C3/SC(=O)N(CC(=O)Nc4ccc(Cl)cc4)C3=O)o2)ccc1Cl. The fourth-order valence-corrected chi connectivity index (χ4v) is 4.31. The van der Waals surface area contributed by atoms with Crippen molar-refractivity contribution in [3.05, 3.63) is 80.9 Å². The molecule has 11 heteroatoms. The lowest BCUT2D eigenvalue weighted by atomic mass is 10.1. The fraction of sp³-hybridized carbons (Fsp3) is 0.0833. The van der Waals surface area contributed by atoms with Gasteiger partial charge in [-0.3, -0.25) is 19.3 Å². The average molecular weight is 531 g/mol. The molecule has 35 heavy (non-hydrogen) atoms. The number of amides is 3. The summed E-state index contributed by atoms with van der Waals surface area (Å²) in [5.41, 5.74) is 1.24. The van der Waals surface area contributed by atoms with Crippen LogP contribution in [0.4, 0.5) is 10.5 Å². The molecule has 0 atom stereocenters. The summed E-state index contributed by atoms with van der Waals surface area (Å²) >= 11 is 12.6. The van der Waals surface area contributed by atoms with E-state index in [9.17, 15) is 19.2 Å². The Bertz CT molecular complexity index is 1370. The summed E-state index contributed by atoms with van der Waals surface area (Å²) in [5, 5.41) is 2.79. The maximum absolute atomic E-state index is 12.7. The Morgan fingerprint density at radius 3 is 2.54 bits per heavy atom. The number of thioether (sulfide) groups is 1. The quantitative estimate of drug-likeness (QED) is 0.321. The van der Waals surface area contributed by atoms with Crippen molar-refractivity contribution in [2.75, 3.05) is 19.0 Å². The van der Waals surface area contributed by atoms with E-state index in [1.807, 2.05) is 0 Å². The number of benzene rings is 2. The number of rotatable bonds is 6. The van der Waals surface area contributed by atoms with Gasteiger partial charge in [-0.2, -0.15) is 0 Å². The highest BCUT2D eigenvalue weighted by Crippen LogP contribution is 2.34. The molecule has 8 nitrogen and oxygen atoms in total. The summed E-state index contributed by atoms with van der Waals surface area (Å²) in [6.45, 7) is -0.435. The van der Waals surface area contributed by atoms with E-state index >= 15 is 0 Å². The molecule has 1 saturated heterocycles. The van der Waals surface area contributed by atoms with Gasteiger partial charge in [-0.15, -0.1) is 0 Å². The third-order valence-electron chi connectivity index (χ3n) is 4.86. The first-order chi connectivity index (χ1) is 16.7. The molecule has 3 aromatic rings. The van der Waals surface area contributed by atoms with Gasteiger partial charge in [-0.05, 0) is 66.4 Å². The van der Waals surface area contributed by atoms with Gasteiger partial charge in [0.1, 0.15) is 18.1 Å². The first-order valence-corrected chi connectivity index (χ1v) is 11.6. The number of furan rings is 1. The summed E-state index contributed by atoms with van der Waals surface area (Å²) in [4.78, 5) is 50.2. The first kappa shape index (κ1) is 24.6. The smallest absolute Gasteiger partial charge is 0.339 e. The molecule has 2 heterocycles. The number of nitrogens with zero attached hydrogens (tertiary/aromatic N) is 1. The van der Waals surface area contributed by atoms with Crippen LogP contribution in [0.15, 0.2) is 63.9 Å². The molecule has 0 unspecified atom stereocenters. The summed E-state index contributed by atoms with van der Waals surface area (Å²) in [6.07, 6.45) is 1.42. The number of methoxy groups -OCH3 is 1. The van der Waals surface area contributed by atoms with Crippen LogP contribution in [0.5, 0.6) is 0 Å². The molecule has 0 radical (unpaired) electrons. The number of nitrogens with one attached hydrogen (secondary N) is 1. The number of imide groups is 1. The minimum Gasteiger partial charge on any atom is -0.465 e. The molecule has 2 aromatic carbocycles. The molecule has 1 N–H and O–H groups in total. The van der Waals surface area contributed by atoms with Crippen molar-refractivity contribution in [1.82, 2.24) is 4.90 Å². The van der Waals surface area contributed by atoms with Crippen LogP contribution in [-0.2, 0) is 14.3 Å². The van der Waals surface area contributed by atoms with E-state index in [1.54, 1.807) is 48.5 Å². The van der Waals surface area contributed by atoms with Crippen LogP contribution in [0.25, 0.3) is 17.4 Å². The van der Waals surface area contributed by atoms with Gasteiger partial charge in [0.05, 0.1) is 22.6 Å². The van der Waals surface area contributed by atoms with Gasteiger partial charge in [0, 0.05) is 22.3 Å². The minimum atomic E-state index is -0.608. The minimum absolute atomic E-state index is 0.113. The zero-order valence-electron chi connectivity index (χ0n) is 18.0. The monoisotopic (exact) mass is 530 g/mol. The van der Waals surface area contributed by atoms with E-state index in [1.165, 1.54) is 19.3 Å². The largest absolute Gasteiger partial charge is 0.465 e. The van der Waals surface area contributed by atoms with Crippen LogP contribution in [0, 0.1) is 0 Å². The van der Waals surface area contributed by atoms with Gasteiger partial charge in [0.2, 0.25) is 5.91 Å². The molecule has 4 rings (SSSR count). The number of hydrogen-bond acceptors (Lipinski definition) is 7. The third kappa shape index (κ3) is 5.59. The van der Waals surface area contributed by atoms with E-state index in [0.29, 0.717) is 39.6 Å². The fourth-order valence-electron chi connectivity index (χ4n) is 3.17. The van der Waals surface area contributed by atoms with Crippen molar-refractivity contribution in [2.24, 2.45) is 0 Å². The summed E-state index contributed by atoms with van der Waals surface area (Å²) in [6, 6.07) is 14.5. The molecule has 0 bridgehead atoms. The molecular formula is C24H16Cl2N2O6S. The van der Waals surface area contributed by atoms with Crippen molar-refractivity contribution in [1.29, 1.82) is 0 Å². The summed E-state index contributed by atoms with van der Waals surface area (Å²) in [7, 11) is 1.25. The molecule has 178 valence electrons. The number of carbonyl (C=O) groups excluding carboxylic acids is 4. The maximum atomic E-state index is 12.7. The number of ether oxygens (including phenoxy) is 1. The van der Waals surface area contributed by atoms with Crippen LogP contribution < -0.4 is 5.32 Å². The molecule has 1 aromatic heterocycles. The topological polar surface area (TPSA) is 106 Å². The molecule has 0 aliphatic carbocycles. The Balaban J connectivity index is 1.47. The van der Waals surface area contributed by atoms with Gasteiger partial charge >= 0.3 is 5.97 Å². The van der Waals surface area contributed by atoms with Gasteiger partial charge in [-0.25, -0.2) is 4.79 Å². The highest BCUT2D eigenvalue weighted by molar-refractivity contribution is 8.18. The van der Waals surface area contributed by atoms with E-state index in [4.69, 9.17) is 32.4 Å². The van der Waals surface area contributed by atoms with Crippen molar-refractivity contribution in [3.63, 3.8) is 0 Å². The second-order valence-corrected chi connectivity index (χ2v) is 9.05. The van der Waals surface area contributed by atoms with Crippen LogP contribution in [0.3, 0.4) is 0 Å². The van der Waals surface area contributed by atoms with E-state index in [-0.39, 0.29) is 15.5 Å². The first-order valence-electron chi connectivity index (χ1n) is 10.0. The molecular weight excluding hydrogens is 515 g/mol. The van der Waals surface area contributed by atoms with Gasteiger partial charge in [0.15, 0.2) is 0 Å². The van der Waals surface area contributed by atoms with E-state index in [2.05, 4.69) is 5.32 Å². The lowest BCUT2D eigenvalue weighted by Gasteiger charge is -2.12. The van der Waals surface area contributed by atoms with Crippen molar-refractivity contribution < 1.29 is 28.3 Å². The maximum Gasteiger partial charge on any atom is 0.339 e. The van der Waals surface area contributed by atoms with E-state index in [0.717, 1.165) is 4.90 Å². The molecule has 3 amide bonds. The van der Waals surface area contributed by atoms with E-state index < -0.39 is 29.6 Å². The standard InChI is InChI=1S/C24H16Cl2N2O6S/c1-33-23(31)17-10-13(2-8-18(17)26)19-9-7-16(34-19)11-20-22(30)28(24(32)35-20)12-21(29)27-15-5-3-14(25)4-6-15/h2-11H,12H2,1H3,(H,27,29)/b20-11+. The molecule has 0 spiro atoms. The lowest BCUT2D eigenvalue weighted by Crippen LogP contribution is -2.36. The number of carbonyl (C=O) groups is 4. The number of anilines is 1. The average Bonchev–Trinajstić information content (AvgIpc) is 3.40. The predicted octanol–water partition coefficient (Wildman–Crippen LogP) is 5.72. The van der Waals surface area contributed by atoms with Gasteiger partial charge in [-0.1, -0.05) is 23.2 Å². The Labute approximate surface area is 213 Å². The zero-order valence-corrected chi connectivity index (χ0v) is 20.4. The molecule has 1 aliphatic rings. The van der Waals surface area contributed by atoms with Crippen LogP contribution in [0.1, 0.15) is 16.1 Å². The third-order valence-corrected chi connectivity index (χ3v) is 6.35. The van der Waals surface area contributed by atoms with Crippen molar-refractivity contribution in [3.8, 4) is 11.3 Å². The number of hydrogen-bond donors (Lipinski definition) is 1.